The number of ether oxygens (including phenoxy) is 1. The van der Waals surface area contributed by atoms with Crippen molar-refractivity contribution in [2.75, 3.05) is 26.7 Å². The number of hydrogen-bond donors (Lipinski definition) is 2. The highest BCUT2D eigenvalue weighted by Crippen LogP contribution is 2.31. The van der Waals surface area contributed by atoms with E-state index in [2.05, 4.69) is 10.6 Å². The predicted octanol–water partition coefficient (Wildman–Crippen LogP) is 2.36. The Bertz CT molecular complexity index is 1220. The van der Waals surface area contributed by atoms with E-state index in [9.17, 15) is 14.4 Å². The Balaban J connectivity index is 1.33. The average Bonchev–Trinajstić information content (AvgIpc) is 3.21. The van der Waals surface area contributed by atoms with Crippen LogP contribution in [0.3, 0.4) is 0 Å². The number of hydrogen-bond acceptors (Lipinski definition) is 4. The van der Waals surface area contributed by atoms with Gasteiger partial charge in [-0.05, 0) is 50.1 Å². The lowest BCUT2D eigenvalue weighted by Crippen LogP contribution is -2.63. The van der Waals surface area contributed by atoms with Crippen molar-refractivity contribution < 1.29 is 19.1 Å². The van der Waals surface area contributed by atoms with Crippen LogP contribution in [0.1, 0.15) is 29.9 Å². The van der Waals surface area contributed by atoms with Crippen molar-refractivity contribution >= 4 is 28.6 Å². The van der Waals surface area contributed by atoms with Gasteiger partial charge in [0.25, 0.3) is 5.91 Å². The van der Waals surface area contributed by atoms with Crippen molar-refractivity contribution in [3.8, 4) is 5.75 Å². The topological polar surface area (TPSA) is 92.7 Å². The first-order valence-corrected chi connectivity index (χ1v) is 11.5. The summed E-state index contributed by atoms with van der Waals surface area (Å²) in [7, 11) is 1.62. The van der Waals surface area contributed by atoms with Crippen molar-refractivity contribution in [1.29, 1.82) is 0 Å². The third-order valence-electron chi connectivity index (χ3n) is 6.41. The first-order valence-electron chi connectivity index (χ1n) is 11.5. The Morgan fingerprint density at radius 3 is 2.56 bits per heavy atom. The highest BCUT2D eigenvalue weighted by molar-refractivity contribution is 6.03. The van der Waals surface area contributed by atoms with Gasteiger partial charge < -0.3 is 24.8 Å². The van der Waals surface area contributed by atoms with Gasteiger partial charge in [-0.15, -0.1) is 0 Å². The number of amides is 3. The van der Waals surface area contributed by atoms with Crippen molar-refractivity contribution in [2.45, 2.75) is 32.4 Å². The maximum atomic E-state index is 13.1. The quantitative estimate of drug-likeness (QED) is 0.538. The smallest absolute Gasteiger partial charge is 0.271 e. The Kier molecular flexibility index (Phi) is 6.58. The molecule has 0 fully saturated rings. The second-order valence-electron chi connectivity index (χ2n) is 8.67. The summed E-state index contributed by atoms with van der Waals surface area (Å²) in [5.74, 6) is -0.0502. The van der Waals surface area contributed by atoms with E-state index in [0.717, 1.165) is 22.2 Å². The zero-order chi connectivity index (χ0) is 24.3. The zero-order valence-electron chi connectivity index (χ0n) is 19.8. The number of likely N-dealkylation sites (N-methyl/N-ethyl adjacent to an activating group) is 1. The van der Waals surface area contributed by atoms with Gasteiger partial charge in [0.2, 0.25) is 11.8 Å². The molecule has 0 saturated heterocycles. The van der Waals surface area contributed by atoms with Crippen LogP contribution in [0.5, 0.6) is 5.75 Å². The van der Waals surface area contributed by atoms with Gasteiger partial charge in [-0.25, -0.2) is 0 Å². The van der Waals surface area contributed by atoms with Crippen molar-refractivity contribution in [1.82, 2.24) is 20.1 Å². The van der Waals surface area contributed by atoms with E-state index in [1.807, 2.05) is 66.1 Å². The molecule has 1 aromatic heterocycles. The van der Waals surface area contributed by atoms with E-state index in [1.165, 1.54) is 4.90 Å². The molecule has 1 aliphatic rings. The maximum absolute atomic E-state index is 13.1. The number of carbonyl (C=O) groups excluding carboxylic acids is 3. The zero-order valence-corrected chi connectivity index (χ0v) is 19.8. The Hall–Kier alpha value is -3.81. The molecule has 2 heterocycles. The molecule has 4 rings (SSSR count). The SMILES string of the molecule is CCOc1ccc(CCNC(=O)CNC(=O)C2(C)Cn3c(cc4ccccc43)C(=O)N2C)cc1. The lowest BCUT2D eigenvalue weighted by molar-refractivity contribution is -0.134. The predicted molar refractivity (Wildman–Crippen MR) is 130 cm³/mol. The van der Waals surface area contributed by atoms with Crippen LogP contribution in [-0.4, -0.2) is 59.5 Å². The largest absolute Gasteiger partial charge is 0.494 e. The highest BCUT2D eigenvalue weighted by Gasteiger charge is 2.45. The average molecular weight is 463 g/mol. The molecule has 2 N–H and O–H groups in total. The molecule has 0 saturated carbocycles. The molecule has 0 spiro atoms. The summed E-state index contributed by atoms with van der Waals surface area (Å²) in [4.78, 5) is 39.9. The van der Waals surface area contributed by atoms with Crippen molar-refractivity contribution in [2.24, 2.45) is 0 Å². The first-order chi connectivity index (χ1) is 16.3. The van der Waals surface area contributed by atoms with Crippen LogP contribution in [0.4, 0.5) is 0 Å². The molecule has 1 atom stereocenters. The molecule has 3 amide bonds. The van der Waals surface area contributed by atoms with Gasteiger partial charge in [0.05, 0.1) is 19.7 Å². The molecular weight excluding hydrogens is 432 g/mol. The normalized spacial score (nSPS) is 17.4. The van der Waals surface area contributed by atoms with Gasteiger partial charge in [0, 0.05) is 24.5 Å². The van der Waals surface area contributed by atoms with Crippen molar-refractivity contribution in [3.05, 3.63) is 65.9 Å². The van der Waals surface area contributed by atoms with Gasteiger partial charge >= 0.3 is 0 Å². The summed E-state index contributed by atoms with van der Waals surface area (Å²) in [6.45, 7) is 4.89. The second-order valence-corrected chi connectivity index (χ2v) is 8.67. The number of benzene rings is 2. The molecular formula is C26H30N4O4. The van der Waals surface area contributed by atoms with Crippen LogP contribution < -0.4 is 15.4 Å². The number of nitrogens with one attached hydrogen (secondary N) is 2. The summed E-state index contributed by atoms with van der Waals surface area (Å²) in [5, 5.41) is 6.49. The molecule has 1 unspecified atom stereocenters. The summed E-state index contributed by atoms with van der Waals surface area (Å²) >= 11 is 0. The van der Waals surface area contributed by atoms with Gasteiger partial charge in [0.15, 0.2) is 0 Å². The summed E-state index contributed by atoms with van der Waals surface area (Å²) in [6.07, 6.45) is 0.671. The van der Waals surface area contributed by atoms with Gasteiger partial charge in [-0.3, -0.25) is 14.4 Å². The summed E-state index contributed by atoms with van der Waals surface area (Å²) in [5.41, 5.74) is 1.43. The van der Waals surface area contributed by atoms with Gasteiger partial charge in [-0.1, -0.05) is 30.3 Å². The third-order valence-corrected chi connectivity index (χ3v) is 6.41. The summed E-state index contributed by atoms with van der Waals surface area (Å²) in [6, 6.07) is 17.3. The molecule has 178 valence electrons. The number of carbonyl (C=O) groups is 3. The van der Waals surface area contributed by atoms with Crippen LogP contribution >= 0.6 is 0 Å². The highest BCUT2D eigenvalue weighted by atomic mass is 16.5. The monoisotopic (exact) mass is 462 g/mol. The molecule has 34 heavy (non-hydrogen) atoms. The minimum absolute atomic E-state index is 0.154. The molecule has 8 heteroatoms. The number of fused-ring (bicyclic) bond motifs is 3. The van der Waals surface area contributed by atoms with Gasteiger partial charge in [0.1, 0.15) is 17.0 Å². The van der Waals surface area contributed by atoms with Gasteiger partial charge in [-0.2, -0.15) is 0 Å². The number of para-hydroxylation sites is 1. The Morgan fingerprint density at radius 2 is 1.82 bits per heavy atom. The molecule has 3 aromatic rings. The maximum Gasteiger partial charge on any atom is 0.271 e. The standard InChI is InChI=1S/C26H30N4O4/c1-4-34-20-11-9-18(10-12-20)13-14-27-23(31)16-28-25(33)26(2)17-30-21-8-6-5-7-19(21)15-22(30)24(32)29(26)3/h5-12,15H,4,13-14,16-17H2,1-3H3,(H,27,31)(H,28,33). The fourth-order valence-corrected chi connectivity index (χ4v) is 4.27. The van der Waals surface area contributed by atoms with Crippen LogP contribution in [0, 0.1) is 0 Å². The minimum atomic E-state index is -1.12. The molecule has 2 aromatic carbocycles. The van der Waals surface area contributed by atoms with Crippen LogP contribution in [0.25, 0.3) is 10.9 Å². The van der Waals surface area contributed by atoms with E-state index in [0.29, 0.717) is 31.8 Å². The van der Waals surface area contributed by atoms with Crippen molar-refractivity contribution in [3.63, 3.8) is 0 Å². The van der Waals surface area contributed by atoms with Crippen LogP contribution in [0.2, 0.25) is 0 Å². The lowest BCUT2D eigenvalue weighted by Gasteiger charge is -2.41. The number of nitrogens with zero attached hydrogens (tertiary/aromatic N) is 2. The minimum Gasteiger partial charge on any atom is -0.494 e. The fourth-order valence-electron chi connectivity index (χ4n) is 4.27. The molecule has 0 bridgehead atoms. The molecule has 8 nitrogen and oxygen atoms in total. The summed E-state index contributed by atoms with van der Waals surface area (Å²) < 4.78 is 7.31. The first kappa shape index (κ1) is 23.4. The van der Waals surface area contributed by atoms with E-state index in [4.69, 9.17) is 4.74 Å². The third kappa shape index (κ3) is 4.48. The molecule has 0 radical (unpaired) electrons. The van der Waals surface area contributed by atoms with E-state index in [1.54, 1.807) is 14.0 Å². The molecule has 0 aliphatic carbocycles. The number of rotatable bonds is 8. The fraction of sp³-hybridized carbons (Fsp3) is 0.346. The number of aromatic nitrogens is 1. The molecule has 1 aliphatic heterocycles. The lowest BCUT2D eigenvalue weighted by atomic mass is 9.95. The Morgan fingerprint density at radius 1 is 1.09 bits per heavy atom. The van der Waals surface area contributed by atoms with Crippen LogP contribution in [-0.2, 0) is 22.6 Å². The van der Waals surface area contributed by atoms with Crippen LogP contribution in [0.15, 0.2) is 54.6 Å². The Labute approximate surface area is 198 Å². The van der Waals surface area contributed by atoms with E-state index < -0.39 is 5.54 Å². The second kappa shape index (κ2) is 9.59. The van der Waals surface area contributed by atoms with E-state index in [-0.39, 0.29) is 24.3 Å². The van der Waals surface area contributed by atoms with E-state index >= 15 is 0 Å².